The second-order valence-corrected chi connectivity index (χ2v) is 21.5. The first-order valence-corrected chi connectivity index (χ1v) is 26.1. The predicted octanol–water partition coefficient (Wildman–Crippen LogP) is 3.48. The number of hydroxylamine groups is 4. The van der Waals surface area contributed by atoms with Gasteiger partial charge in [0.05, 0.1) is 21.8 Å². The number of allylic oxidation sites excluding steroid dienone is 6. The highest BCUT2D eigenvalue weighted by molar-refractivity contribution is 7.86. The molecule has 0 aliphatic carbocycles. The number of hydrogen-bond donors (Lipinski definition) is 3. The molecule has 22 nitrogen and oxygen atoms in total. The monoisotopic (exact) mass is 996 g/mol. The standard InChI is InChI=1S/C42H53N5O17S3/c1-29-41(2,23-21-40(53)64-47-37(50)19-20-38(47)51)34(45(43-29)25-11-27-66(57,58)59)13-7-4-6-12-33-42(3,22-10-26-65(54,55)56)31-28-30(67(60,61)62)15-16-32(31)44(33)24-9-5-8-14-39(52)63-46-35(48)17-18-36(46)49/h4,6-7,12-13,15-16,28H,5,8-11,14,17-27H2,1-3H3,(H2-,54,55,56,57,58,59,60,61,62)/p+1. The smallest absolute Gasteiger partial charge is 0.330 e. The van der Waals surface area contributed by atoms with Crippen molar-refractivity contribution in [3.05, 3.63) is 59.8 Å². The zero-order valence-corrected chi connectivity index (χ0v) is 39.6. The molecule has 4 amide bonds. The molecule has 4 heterocycles. The molecular weight excluding hydrogens is 943 g/mol. The van der Waals surface area contributed by atoms with E-state index in [0.29, 0.717) is 64.3 Å². The highest BCUT2D eigenvalue weighted by atomic mass is 32.2. The van der Waals surface area contributed by atoms with E-state index in [-0.39, 0.29) is 70.8 Å². The fourth-order valence-corrected chi connectivity index (χ4v) is 9.81. The summed E-state index contributed by atoms with van der Waals surface area (Å²) in [7, 11) is -13.4. The van der Waals surface area contributed by atoms with Gasteiger partial charge in [-0.25, -0.2) is 9.59 Å². The normalized spacial score (nSPS) is 22.1. The summed E-state index contributed by atoms with van der Waals surface area (Å²) in [6, 6.07) is 4.04. The van der Waals surface area contributed by atoms with Gasteiger partial charge in [-0.15, -0.1) is 10.1 Å². The van der Waals surface area contributed by atoms with Crippen LogP contribution in [-0.2, 0) is 74.2 Å². The van der Waals surface area contributed by atoms with Crippen molar-refractivity contribution in [2.75, 3.05) is 24.6 Å². The molecule has 1 aromatic carbocycles. The van der Waals surface area contributed by atoms with Gasteiger partial charge < -0.3 is 9.68 Å². The van der Waals surface area contributed by atoms with Gasteiger partial charge in [-0.2, -0.15) is 34.9 Å². The van der Waals surface area contributed by atoms with Crippen LogP contribution in [0.4, 0.5) is 5.69 Å². The average Bonchev–Trinajstić information content (AvgIpc) is 3.87. The van der Waals surface area contributed by atoms with Crippen LogP contribution in [0.1, 0.15) is 110 Å². The molecule has 3 N–H and O–H groups in total. The molecule has 0 saturated carbocycles. The van der Waals surface area contributed by atoms with Crippen LogP contribution in [0.2, 0.25) is 0 Å². The second-order valence-electron chi connectivity index (χ2n) is 16.9. The van der Waals surface area contributed by atoms with Crippen molar-refractivity contribution in [3.8, 4) is 0 Å². The molecule has 25 heteroatoms. The summed E-state index contributed by atoms with van der Waals surface area (Å²) in [5.41, 5.74) is 0.606. The summed E-state index contributed by atoms with van der Waals surface area (Å²) < 4.78 is 102. The van der Waals surface area contributed by atoms with Crippen LogP contribution in [-0.4, -0.2) is 130 Å². The van der Waals surface area contributed by atoms with Crippen molar-refractivity contribution in [2.45, 2.75) is 115 Å². The SMILES string of the molecule is CC1=NN(CCCS(=O)(=O)O)\C(=C/C=C/C=C/C2=[N+](CCCCCC(=O)ON3C(=O)CCC3=O)c3ccc(S(=O)(=O)O)cc3C2(C)CCCS(=O)(=O)O)C1(C)CCC(=O)ON1C(=O)CCC1=O. The van der Waals surface area contributed by atoms with Gasteiger partial charge in [-0.3, -0.25) is 37.8 Å². The predicted molar refractivity (Wildman–Crippen MR) is 236 cm³/mol. The Morgan fingerprint density at radius 2 is 1.30 bits per heavy atom. The molecule has 5 rings (SSSR count). The number of unbranched alkanes of at least 4 members (excludes halogenated alkanes) is 2. The zero-order valence-electron chi connectivity index (χ0n) is 37.2. The maximum atomic E-state index is 12.8. The Labute approximate surface area is 388 Å². The number of hydrogen-bond acceptors (Lipinski definition) is 16. The number of amides is 4. The Morgan fingerprint density at radius 3 is 1.87 bits per heavy atom. The number of benzene rings is 1. The van der Waals surface area contributed by atoms with E-state index < -0.39 is 93.2 Å². The van der Waals surface area contributed by atoms with Crippen LogP contribution in [0.25, 0.3) is 0 Å². The number of fused-ring (bicyclic) bond motifs is 1. The van der Waals surface area contributed by atoms with Crippen molar-refractivity contribution in [1.29, 1.82) is 0 Å². The van der Waals surface area contributed by atoms with E-state index in [4.69, 9.17) is 9.68 Å². The fraction of sp³-hybridized carbons (Fsp3) is 0.524. The van der Waals surface area contributed by atoms with E-state index >= 15 is 0 Å². The number of hydrazone groups is 1. The van der Waals surface area contributed by atoms with E-state index in [1.54, 1.807) is 56.2 Å². The minimum Gasteiger partial charge on any atom is -0.330 e. The Hall–Kier alpha value is -5.47. The molecule has 366 valence electrons. The molecule has 2 atom stereocenters. The first kappa shape index (κ1) is 52.5. The zero-order chi connectivity index (χ0) is 49.5. The van der Waals surface area contributed by atoms with Crippen molar-refractivity contribution in [1.82, 2.24) is 15.1 Å². The summed E-state index contributed by atoms with van der Waals surface area (Å²) in [5, 5.41) is 7.08. The van der Waals surface area contributed by atoms with Crippen LogP contribution in [0, 0.1) is 5.41 Å². The molecule has 4 aliphatic heterocycles. The van der Waals surface area contributed by atoms with Crippen LogP contribution in [0.15, 0.2) is 64.3 Å². The lowest BCUT2D eigenvalue weighted by atomic mass is 9.76. The molecule has 2 unspecified atom stereocenters. The third-order valence-corrected chi connectivity index (χ3v) is 14.4. The summed E-state index contributed by atoms with van der Waals surface area (Å²) in [6.07, 6.45) is 9.15. The largest absolute Gasteiger partial charge is 0.333 e. The lowest BCUT2D eigenvalue weighted by Crippen LogP contribution is -2.33. The molecule has 0 spiro atoms. The van der Waals surface area contributed by atoms with E-state index in [2.05, 4.69) is 5.10 Å². The van der Waals surface area contributed by atoms with Crippen LogP contribution < -0.4 is 0 Å². The first-order valence-electron chi connectivity index (χ1n) is 21.4. The number of carbonyl (C=O) groups excluding carboxylic acids is 6. The fourth-order valence-electron chi connectivity index (χ4n) is 8.30. The lowest BCUT2D eigenvalue weighted by Gasteiger charge is -2.29. The number of rotatable bonds is 23. The van der Waals surface area contributed by atoms with Gasteiger partial charge >= 0.3 is 11.9 Å². The van der Waals surface area contributed by atoms with E-state index in [0.717, 1.165) is 0 Å². The minimum absolute atomic E-state index is 0.0112. The third-order valence-electron chi connectivity index (χ3n) is 12.0. The Bertz CT molecular complexity index is 2660. The van der Waals surface area contributed by atoms with Gasteiger partial charge in [0.2, 0.25) is 5.69 Å². The van der Waals surface area contributed by atoms with Crippen molar-refractivity contribution in [2.24, 2.45) is 10.5 Å². The maximum absolute atomic E-state index is 12.8. The summed E-state index contributed by atoms with van der Waals surface area (Å²) in [5.74, 6) is -5.21. The third kappa shape index (κ3) is 13.4. The maximum Gasteiger partial charge on any atom is 0.333 e. The van der Waals surface area contributed by atoms with Crippen LogP contribution >= 0.6 is 0 Å². The van der Waals surface area contributed by atoms with E-state index in [9.17, 15) is 67.7 Å². The van der Waals surface area contributed by atoms with Crippen LogP contribution in [0.3, 0.4) is 0 Å². The Kier molecular flexibility index (Phi) is 16.6. The average molecular weight is 997 g/mol. The number of imide groups is 2. The van der Waals surface area contributed by atoms with E-state index in [1.807, 2.05) is 4.58 Å². The lowest BCUT2D eigenvalue weighted by molar-refractivity contribution is -0.438. The van der Waals surface area contributed by atoms with Gasteiger partial charge in [-0.05, 0) is 77.5 Å². The highest BCUT2D eigenvalue weighted by Gasteiger charge is 2.48. The quantitative estimate of drug-likeness (QED) is 0.0465. The van der Waals surface area contributed by atoms with Gasteiger partial charge in [0, 0.05) is 86.0 Å². The van der Waals surface area contributed by atoms with Crippen LogP contribution in [0.5, 0.6) is 0 Å². The van der Waals surface area contributed by atoms with Crippen molar-refractivity contribution in [3.63, 3.8) is 0 Å². The number of carbonyl (C=O) groups is 6. The molecule has 2 saturated heterocycles. The van der Waals surface area contributed by atoms with Gasteiger partial charge in [0.25, 0.3) is 54.0 Å². The van der Waals surface area contributed by atoms with Crippen molar-refractivity contribution >= 4 is 83.0 Å². The van der Waals surface area contributed by atoms with Gasteiger partial charge in [-0.1, -0.05) is 18.2 Å². The first-order chi connectivity index (χ1) is 31.2. The molecule has 2 fully saturated rings. The number of nitrogens with zero attached hydrogens (tertiary/aromatic N) is 5. The Morgan fingerprint density at radius 1 is 0.731 bits per heavy atom. The summed E-state index contributed by atoms with van der Waals surface area (Å²) in [4.78, 5) is 82.7. The second kappa shape index (κ2) is 21.2. The molecule has 0 bridgehead atoms. The molecular formula is C42H54N5O17S3+. The molecule has 67 heavy (non-hydrogen) atoms. The van der Waals surface area contributed by atoms with Crippen molar-refractivity contribution < 1.29 is 81.9 Å². The summed E-state index contributed by atoms with van der Waals surface area (Å²) >= 11 is 0. The minimum atomic E-state index is -4.68. The van der Waals surface area contributed by atoms with Gasteiger partial charge in [0.15, 0.2) is 5.71 Å². The molecule has 0 radical (unpaired) electrons. The molecule has 1 aromatic rings. The van der Waals surface area contributed by atoms with E-state index in [1.165, 1.54) is 18.2 Å². The summed E-state index contributed by atoms with van der Waals surface area (Å²) in [6.45, 7) is 5.63. The topological polar surface area (TPSA) is 309 Å². The molecule has 0 aromatic heterocycles. The Balaban J connectivity index is 1.43. The highest BCUT2D eigenvalue weighted by Crippen LogP contribution is 2.45. The molecule has 4 aliphatic rings. The van der Waals surface area contributed by atoms with Gasteiger partial charge in [0.1, 0.15) is 6.54 Å².